The Bertz CT molecular complexity index is 375. The number of carbonyl (C=O) groups excluding carboxylic acids is 1. The standard InChI is InChI=1S/C14H20N2O.ClH/c1-14(7-9-15-10-8-14)13(17)16-11-12-5-3-2-4-6-12;/h2-6,15H,7-11H2,1H3,(H,16,17);1H. The van der Waals surface area contributed by atoms with Crippen LogP contribution < -0.4 is 10.6 Å². The molecule has 0 bridgehead atoms. The summed E-state index contributed by atoms with van der Waals surface area (Å²) in [6, 6.07) is 10.0. The van der Waals surface area contributed by atoms with Gasteiger partial charge in [-0.1, -0.05) is 37.3 Å². The van der Waals surface area contributed by atoms with Crippen LogP contribution >= 0.6 is 12.4 Å². The number of benzene rings is 1. The van der Waals surface area contributed by atoms with Crippen LogP contribution in [-0.2, 0) is 11.3 Å². The molecule has 1 heterocycles. The maximum Gasteiger partial charge on any atom is 0.226 e. The maximum absolute atomic E-state index is 12.2. The SMILES string of the molecule is CC1(C(=O)NCc2ccccc2)CCNCC1.Cl. The lowest BCUT2D eigenvalue weighted by Crippen LogP contribution is -2.45. The number of hydrogen-bond donors (Lipinski definition) is 2. The van der Waals surface area contributed by atoms with E-state index in [0.717, 1.165) is 31.5 Å². The molecule has 2 N–H and O–H groups in total. The Balaban J connectivity index is 0.00000162. The zero-order valence-corrected chi connectivity index (χ0v) is 11.6. The number of amides is 1. The van der Waals surface area contributed by atoms with E-state index in [0.29, 0.717) is 6.54 Å². The molecule has 3 nitrogen and oxygen atoms in total. The summed E-state index contributed by atoms with van der Waals surface area (Å²) < 4.78 is 0. The fourth-order valence-corrected chi connectivity index (χ4v) is 2.20. The van der Waals surface area contributed by atoms with E-state index in [-0.39, 0.29) is 23.7 Å². The third kappa shape index (κ3) is 3.72. The summed E-state index contributed by atoms with van der Waals surface area (Å²) in [6.45, 7) is 4.57. The molecular weight excluding hydrogens is 248 g/mol. The number of nitrogens with one attached hydrogen (secondary N) is 2. The number of halogens is 1. The van der Waals surface area contributed by atoms with Crippen LogP contribution in [0.2, 0.25) is 0 Å². The zero-order chi connectivity index (χ0) is 12.1. The van der Waals surface area contributed by atoms with Gasteiger partial charge in [0.1, 0.15) is 0 Å². The summed E-state index contributed by atoms with van der Waals surface area (Å²) in [5.41, 5.74) is 0.957. The predicted octanol–water partition coefficient (Wildman–Crippen LogP) is 2.11. The van der Waals surface area contributed by atoms with Crippen molar-refractivity contribution in [1.82, 2.24) is 10.6 Å². The van der Waals surface area contributed by atoms with Crippen LogP contribution in [0, 0.1) is 5.41 Å². The second-order valence-corrected chi connectivity index (χ2v) is 4.98. The van der Waals surface area contributed by atoms with E-state index in [1.54, 1.807) is 0 Å². The van der Waals surface area contributed by atoms with Gasteiger partial charge in [-0.15, -0.1) is 12.4 Å². The summed E-state index contributed by atoms with van der Waals surface area (Å²) >= 11 is 0. The first kappa shape index (κ1) is 15.0. The smallest absolute Gasteiger partial charge is 0.226 e. The molecule has 0 aliphatic carbocycles. The molecule has 0 unspecified atom stereocenters. The summed E-state index contributed by atoms with van der Waals surface area (Å²) in [5, 5.41) is 6.33. The number of rotatable bonds is 3. The van der Waals surface area contributed by atoms with E-state index in [2.05, 4.69) is 17.6 Å². The van der Waals surface area contributed by atoms with Crippen LogP contribution in [0.3, 0.4) is 0 Å². The third-order valence-corrected chi connectivity index (χ3v) is 3.55. The molecule has 0 radical (unpaired) electrons. The van der Waals surface area contributed by atoms with Crippen molar-refractivity contribution in [3.05, 3.63) is 35.9 Å². The van der Waals surface area contributed by atoms with Gasteiger partial charge in [0, 0.05) is 12.0 Å². The van der Waals surface area contributed by atoms with Gasteiger partial charge in [-0.2, -0.15) is 0 Å². The Morgan fingerprint density at radius 1 is 1.28 bits per heavy atom. The normalized spacial score (nSPS) is 17.6. The van der Waals surface area contributed by atoms with Crippen molar-refractivity contribution in [1.29, 1.82) is 0 Å². The lowest BCUT2D eigenvalue weighted by molar-refractivity contribution is -0.131. The van der Waals surface area contributed by atoms with Crippen LogP contribution in [0.4, 0.5) is 0 Å². The van der Waals surface area contributed by atoms with E-state index in [9.17, 15) is 4.79 Å². The van der Waals surface area contributed by atoms with Gasteiger partial charge in [0.2, 0.25) is 5.91 Å². The Kier molecular flexibility index (Phi) is 5.63. The zero-order valence-electron chi connectivity index (χ0n) is 10.7. The van der Waals surface area contributed by atoms with Crippen LogP contribution in [0.15, 0.2) is 30.3 Å². The van der Waals surface area contributed by atoms with Gasteiger partial charge in [-0.25, -0.2) is 0 Å². The van der Waals surface area contributed by atoms with Crippen molar-refractivity contribution >= 4 is 18.3 Å². The second kappa shape index (κ2) is 6.76. The predicted molar refractivity (Wildman–Crippen MR) is 75.7 cm³/mol. The summed E-state index contributed by atoms with van der Waals surface area (Å²) in [5.74, 6) is 0.183. The van der Waals surface area contributed by atoms with E-state index < -0.39 is 0 Å². The van der Waals surface area contributed by atoms with Gasteiger partial charge in [0.05, 0.1) is 0 Å². The largest absolute Gasteiger partial charge is 0.352 e. The van der Waals surface area contributed by atoms with Gasteiger partial charge < -0.3 is 10.6 Å². The molecular formula is C14H21ClN2O. The first-order chi connectivity index (χ1) is 8.21. The van der Waals surface area contributed by atoms with Crippen LogP contribution in [-0.4, -0.2) is 19.0 Å². The molecule has 1 fully saturated rings. The van der Waals surface area contributed by atoms with Crippen molar-refractivity contribution in [2.75, 3.05) is 13.1 Å². The molecule has 0 atom stereocenters. The second-order valence-electron chi connectivity index (χ2n) is 4.98. The van der Waals surface area contributed by atoms with Crippen molar-refractivity contribution in [3.63, 3.8) is 0 Å². The monoisotopic (exact) mass is 268 g/mol. The average molecular weight is 269 g/mol. The topological polar surface area (TPSA) is 41.1 Å². The number of carbonyl (C=O) groups is 1. The highest BCUT2D eigenvalue weighted by atomic mass is 35.5. The maximum atomic E-state index is 12.2. The van der Waals surface area contributed by atoms with Crippen LogP contribution in [0.1, 0.15) is 25.3 Å². The molecule has 1 aliphatic heterocycles. The van der Waals surface area contributed by atoms with Crippen molar-refractivity contribution in [2.24, 2.45) is 5.41 Å². The van der Waals surface area contributed by atoms with Gasteiger partial charge >= 0.3 is 0 Å². The summed E-state index contributed by atoms with van der Waals surface area (Å²) in [6.07, 6.45) is 1.85. The van der Waals surface area contributed by atoms with Gasteiger partial charge in [0.25, 0.3) is 0 Å². The molecule has 1 aliphatic rings. The quantitative estimate of drug-likeness (QED) is 0.882. The molecule has 0 spiro atoms. The fourth-order valence-electron chi connectivity index (χ4n) is 2.20. The highest BCUT2D eigenvalue weighted by Crippen LogP contribution is 2.27. The van der Waals surface area contributed by atoms with Gasteiger partial charge in [-0.3, -0.25) is 4.79 Å². The molecule has 1 amide bonds. The molecule has 18 heavy (non-hydrogen) atoms. The fraction of sp³-hybridized carbons (Fsp3) is 0.500. The van der Waals surface area contributed by atoms with Gasteiger partial charge in [-0.05, 0) is 31.5 Å². The lowest BCUT2D eigenvalue weighted by atomic mass is 9.80. The first-order valence-electron chi connectivity index (χ1n) is 6.24. The average Bonchev–Trinajstić information content (AvgIpc) is 2.38. The Hall–Kier alpha value is -1.06. The minimum Gasteiger partial charge on any atom is -0.352 e. The van der Waals surface area contributed by atoms with Crippen molar-refractivity contribution in [2.45, 2.75) is 26.3 Å². The third-order valence-electron chi connectivity index (χ3n) is 3.55. The minimum absolute atomic E-state index is 0. The molecule has 0 saturated carbocycles. The molecule has 1 saturated heterocycles. The molecule has 1 aromatic carbocycles. The molecule has 4 heteroatoms. The van der Waals surface area contributed by atoms with E-state index in [1.165, 1.54) is 0 Å². The molecule has 100 valence electrons. The highest BCUT2D eigenvalue weighted by Gasteiger charge is 2.34. The van der Waals surface area contributed by atoms with E-state index in [4.69, 9.17) is 0 Å². The summed E-state index contributed by atoms with van der Waals surface area (Å²) in [7, 11) is 0. The van der Waals surface area contributed by atoms with Gasteiger partial charge in [0.15, 0.2) is 0 Å². The number of hydrogen-bond acceptors (Lipinski definition) is 2. The molecule has 0 aromatic heterocycles. The summed E-state index contributed by atoms with van der Waals surface area (Å²) in [4.78, 5) is 12.2. The molecule has 2 rings (SSSR count). The number of piperidine rings is 1. The lowest BCUT2D eigenvalue weighted by Gasteiger charge is -2.32. The molecule has 1 aromatic rings. The highest BCUT2D eigenvalue weighted by molar-refractivity contribution is 5.85. The van der Waals surface area contributed by atoms with E-state index >= 15 is 0 Å². The first-order valence-corrected chi connectivity index (χ1v) is 6.24. The minimum atomic E-state index is -0.194. The van der Waals surface area contributed by atoms with Crippen molar-refractivity contribution < 1.29 is 4.79 Å². The Morgan fingerprint density at radius 3 is 2.50 bits per heavy atom. The Morgan fingerprint density at radius 2 is 1.89 bits per heavy atom. The van der Waals surface area contributed by atoms with Crippen molar-refractivity contribution in [3.8, 4) is 0 Å². The van der Waals surface area contributed by atoms with Crippen LogP contribution in [0.5, 0.6) is 0 Å². The van der Waals surface area contributed by atoms with Crippen LogP contribution in [0.25, 0.3) is 0 Å². The van der Waals surface area contributed by atoms with E-state index in [1.807, 2.05) is 30.3 Å². The Labute approximate surface area is 115 Å².